The van der Waals surface area contributed by atoms with E-state index in [0.717, 1.165) is 12.1 Å². The minimum atomic E-state index is -4.58. The maximum absolute atomic E-state index is 11.2. The molecule has 2 aromatic rings. The summed E-state index contributed by atoms with van der Waals surface area (Å²) in [6.45, 7) is 0. The van der Waals surface area contributed by atoms with Gasteiger partial charge in [0.2, 0.25) is 0 Å². The SMILES string of the molecule is O=[N+]([O-])c1ccc(N=Nc2ccc(O)cc2S(=O)(=O)O)cc1. The lowest BCUT2D eigenvalue weighted by Gasteiger charge is -2.02. The van der Waals surface area contributed by atoms with Crippen LogP contribution in [0.15, 0.2) is 57.6 Å². The van der Waals surface area contributed by atoms with E-state index in [1.165, 1.54) is 30.3 Å². The first-order chi connectivity index (χ1) is 10.3. The standard InChI is InChI=1S/C12H9N3O6S/c16-10-5-6-11(12(7-10)22(19,20)21)14-13-8-1-3-9(4-2-8)15(17)18/h1-7,16H,(H,19,20,21). The maximum atomic E-state index is 11.2. The average Bonchev–Trinajstić information content (AvgIpc) is 2.45. The first-order valence-electron chi connectivity index (χ1n) is 5.74. The Morgan fingerprint density at radius 3 is 2.23 bits per heavy atom. The van der Waals surface area contributed by atoms with E-state index in [0.29, 0.717) is 0 Å². The van der Waals surface area contributed by atoms with E-state index in [9.17, 15) is 23.6 Å². The van der Waals surface area contributed by atoms with Gasteiger partial charge >= 0.3 is 0 Å². The highest BCUT2D eigenvalue weighted by atomic mass is 32.2. The van der Waals surface area contributed by atoms with Crippen molar-refractivity contribution in [2.45, 2.75) is 4.90 Å². The molecular weight excluding hydrogens is 314 g/mol. The van der Waals surface area contributed by atoms with Crippen LogP contribution in [-0.2, 0) is 10.1 Å². The summed E-state index contributed by atoms with van der Waals surface area (Å²) in [5.41, 5.74) is -0.0548. The van der Waals surface area contributed by atoms with Crippen LogP contribution in [0.1, 0.15) is 0 Å². The van der Waals surface area contributed by atoms with Gasteiger partial charge in [-0.1, -0.05) is 0 Å². The third-order valence-electron chi connectivity index (χ3n) is 2.56. The van der Waals surface area contributed by atoms with E-state index >= 15 is 0 Å². The van der Waals surface area contributed by atoms with Crippen molar-refractivity contribution in [3.8, 4) is 5.75 Å². The van der Waals surface area contributed by atoms with E-state index in [1.807, 2.05) is 0 Å². The number of nitro groups is 1. The van der Waals surface area contributed by atoms with Crippen molar-refractivity contribution in [3.05, 3.63) is 52.6 Å². The number of benzene rings is 2. The zero-order chi connectivity index (χ0) is 16.3. The zero-order valence-electron chi connectivity index (χ0n) is 10.8. The third-order valence-corrected chi connectivity index (χ3v) is 3.44. The van der Waals surface area contributed by atoms with Crippen LogP contribution in [0.25, 0.3) is 0 Å². The van der Waals surface area contributed by atoms with Crippen LogP contribution in [-0.4, -0.2) is 23.0 Å². The van der Waals surface area contributed by atoms with Crippen LogP contribution in [0.3, 0.4) is 0 Å². The van der Waals surface area contributed by atoms with Gasteiger partial charge in [-0.05, 0) is 24.3 Å². The van der Waals surface area contributed by atoms with Gasteiger partial charge in [0.05, 0.1) is 10.6 Å². The Morgan fingerprint density at radius 2 is 1.68 bits per heavy atom. The van der Waals surface area contributed by atoms with Crippen molar-refractivity contribution in [1.82, 2.24) is 0 Å². The highest BCUT2D eigenvalue weighted by Gasteiger charge is 2.16. The highest BCUT2D eigenvalue weighted by Crippen LogP contribution is 2.29. The molecule has 2 rings (SSSR count). The van der Waals surface area contributed by atoms with Crippen molar-refractivity contribution in [3.63, 3.8) is 0 Å². The fourth-order valence-electron chi connectivity index (χ4n) is 1.54. The summed E-state index contributed by atoms with van der Waals surface area (Å²) in [7, 11) is -4.58. The fraction of sp³-hybridized carbons (Fsp3) is 0. The number of phenolic OH excluding ortho intramolecular Hbond substituents is 1. The van der Waals surface area contributed by atoms with Crippen molar-refractivity contribution < 1.29 is 23.0 Å². The van der Waals surface area contributed by atoms with Gasteiger partial charge in [0.25, 0.3) is 15.8 Å². The second kappa shape index (κ2) is 5.87. The molecule has 0 amide bonds. The number of phenols is 1. The Kier molecular flexibility index (Phi) is 4.15. The first kappa shape index (κ1) is 15.5. The number of azo groups is 1. The lowest BCUT2D eigenvalue weighted by molar-refractivity contribution is -0.384. The molecular formula is C12H9N3O6S. The number of hydrogen-bond acceptors (Lipinski definition) is 7. The molecule has 0 aliphatic carbocycles. The van der Waals surface area contributed by atoms with Crippen LogP contribution in [0.5, 0.6) is 5.75 Å². The van der Waals surface area contributed by atoms with Gasteiger partial charge in [0.15, 0.2) is 0 Å². The van der Waals surface area contributed by atoms with Gasteiger partial charge in [0.1, 0.15) is 16.3 Å². The monoisotopic (exact) mass is 323 g/mol. The molecule has 2 aromatic carbocycles. The summed E-state index contributed by atoms with van der Waals surface area (Å²) in [4.78, 5) is 9.34. The van der Waals surface area contributed by atoms with Crippen molar-refractivity contribution in [2.75, 3.05) is 0 Å². The number of aromatic hydroxyl groups is 1. The Hall–Kier alpha value is -2.85. The average molecular weight is 323 g/mol. The number of hydrogen-bond donors (Lipinski definition) is 2. The van der Waals surface area contributed by atoms with Gasteiger partial charge < -0.3 is 5.11 Å². The van der Waals surface area contributed by atoms with E-state index in [4.69, 9.17) is 4.55 Å². The third kappa shape index (κ3) is 3.62. The van der Waals surface area contributed by atoms with Gasteiger partial charge in [-0.3, -0.25) is 14.7 Å². The molecule has 0 atom stereocenters. The molecule has 2 N–H and O–H groups in total. The largest absolute Gasteiger partial charge is 0.508 e. The molecule has 0 aromatic heterocycles. The highest BCUT2D eigenvalue weighted by molar-refractivity contribution is 7.86. The second-order valence-corrected chi connectivity index (χ2v) is 5.49. The van der Waals surface area contributed by atoms with Gasteiger partial charge in [-0.2, -0.15) is 13.5 Å². The smallest absolute Gasteiger partial charge is 0.296 e. The minimum absolute atomic E-state index is 0.123. The summed E-state index contributed by atoms with van der Waals surface area (Å²) < 4.78 is 31.5. The summed E-state index contributed by atoms with van der Waals surface area (Å²) in [6.07, 6.45) is 0. The van der Waals surface area contributed by atoms with Gasteiger partial charge in [0, 0.05) is 18.2 Å². The Morgan fingerprint density at radius 1 is 1.05 bits per heavy atom. The molecule has 0 aliphatic heterocycles. The molecule has 9 nitrogen and oxygen atoms in total. The first-order valence-corrected chi connectivity index (χ1v) is 7.18. The molecule has 10 heteroatoms. The van der Waals surface area contributed by atoms with Crippen molar-refractivity contribution in [2.24, 2.45) is 10.2 Å². The van der Waals surface area contributed by atoms with E-state index < -0.39 is 19.9 Å². The van der Waals surface area contributed by atoms with Crippen LogP contribution < -0.4 is 0 Å². The minimum Gasteiger partial charge on any atom is -0.508 e. The van der Waals surface area contributed by atoms with Gasteiger partial charge in [-0.15, -0.1) is 5.11 Å². The van der Waals surface area contributed by atoms with Crippen molar-refractivity contribution in [1.29, 1.82) is 0 Å². The van der Waals surface area contributed by atoms with Crippen LogP contribution >= 0.6 is 0 Å². The molecule has 0 saturated heterocycles. The van der Waals surface area contributed by atoms with Crippen molar-refractivity contribution >= 4 is 27.2 Å². The molecule has 0 heterocycles. The Labute approximate surface area is 124 Å². The predicted octanol–water partition coefficient (Wildman–Crippen LogP) is 2.96. The normalized spacial score (nSPS) is 11.7. The van der Waals surface area contributed by atoms with E-state index in [-0.39, 0.29) is 22.8 Å². The number of nitrogens with zero attached hydrogens (tertiary/aromatic N) is 3. The molecule has 0 spiro atoms. The van der Waals surface area contributed by atoms with Gasteiger partial charge in [-0.25, -0.2) is 0 Å². The Bertz CT molecular complexity index is 846. The molecule has 0 fully saturated rings. The quantitative estimate of drug-likeness (QED) is 0.383. The molecule has 114 valence electrons. The topological polar surface area (TPSA) is 142 Å². The maximum Gasteiger partial charge on any atom is 0.296 e. The number of rotatable bonds is 4. The molecule has 0 saturated carbocycles. The zero-order valence-corrected chi connectivity index (χ0v) is 11.6. The molecule has 0 bridgehead atoms. The summed E-state index contributed by atoms with van der Waals surface area (Å²) in [6, 6.07) is 8.26. The molecule has 0 unspecified atom stereocenters. The Balaban J connectivity index is 2.36. The predicted molar refractivity (Wildman–Crippen MR) is 75.2 cm³/mol. The van der Waals surface area contributed by atoms with Crippen LogP contribution in [0.4, 0.5) is 17.1 Å². The molecule has 22 heavy (non-hydrogen) atoms. The summed E-state index contributed by atoms with van der Waals surface area (Å²) in [5.74, 6) is -0.359. The molecule has 0 aliphatic rings. The summed E-state index contributed by atoms with van der Waals surface area (Å²) in [5, 5.41) is 27.2. The second-order valence-electron chi connectivity index (χ2n) is 4.10. The molecule has 0 radical (unpaired) electrons. The lowest BCUT2D eigenvalue weighted by Crippen LogP contribution is -1.97. The van der Waals surface area contributed by atoms with E-state index in [2.05, 4.69) is 10.2 Å². The number of nitro benzene ring substituents is 1. The van der Waals surface area contributed by atoms with Crippen LogP contribution in [0, 0.1) is 10.1 Å². The lowest BCUT2D eigenvalue weighted by atomic mass is 10.3. The summed E-state index contributed by atoms with van der Waals surface area (Å²) >= 11 is 0. The van der Waals surface area contributed by atoms with E-state index in [1.54, 1.807) is 0 Å². The fourth-order valence-corrected chi connectivity index (χ4v) is 2.19. The number of non-ortho nitro benzene ring substituents is 1. The van der Waals surface area contributed by atoms with Crippen LogP contribution in [0.2, 0.25) is 0 Å².